The quantitative estimate of drug-likeness (QED) is 0.910. The number of para-hydroxylation sites is 1. The van der Waals surface area contributed by atoms with Gasteiger partial charge in [-0.15, -0.1) is 0 Å². The Bertz CT molecular complexity index is 658. The van der Waals surface area contributed by atoms with Gasteiger partial charge >= 0.3 is 5.97 Å². The summed E-state index contributed by atoms with van der Waals surface area (Å²) in [6.45, 7) is 0. The average Bonchev–Trinajstić information content (AvgIpc) is 2.42. The molecule has 20 heavy (non-hydrogen) atoms. The van der Waals surface area contributed by atoms with Gasteiger partial charge in [0.25, 0.3) is 0 Å². The van der Waals surface area contributed by atoms with Crippen molar-refractivity contribution in [2.75, 3.05) is 7.11 Å². The molecule has 2 aromatic rings. The van der Waals surface area contributed by atoms with Crippen LogP contribution in [0.3, 0.4) is 0 Å². The molecule has 4 nitrogen and oxygen atoms in total. The van der Waals surface area contributed by atoms with E-state index in [0.717, 1.165) is 6.07 Å². The van der Waals surface area contributed by atoms with E-state index >= 15 is 0 Å². The lowest BCUT2D eigenvalue weighted by Crippen LogP contribution is -2.02. The highest BCUT2D eigenvalue weighted by molar-refractivity contribution is 9.10. The number of halogens is 2. The molecular weight excluding hydrogens is 331 g/mol. The van der Waals surface area contributed by atoms with Gasteiger partial charge < -0.3 is 14.6 Å². The Labute approximate surface area is 122 Å². The Hall–Kier alpha value is -2.08. The predicted molar refractivity (Wildman–Crippen MR) is 74.1 cm³/mol. The number of carboxylic acid groups (broad SMARTS) is 1. The van der Waals surface area contributed by atoms with E-state index in [1.165, 1.54) is 19.2 Å². The fourth-order valence-corrected chi connectivity index (χ4v) is 2.02. The molecule has 0 spiro atoms. The molecule has 1 N–H and O–H groups in total. The lowest BCUT2D eigenvalue weighted by atomic mass is 10.2. The van der Waals surface area contributed by atoms with Gasteiger partial charge in [0.05, 0.1) is 11.6 Å². The molecule has 6 heteroatoms. The van der Waals surface area contributed by atoms with Gasteiger partial charge in [-0.3, -0.25) is 0 Å². The molecule has 0 heterocycles. The number of carbonyl (C=O) groups is 1. The summed E-state index contributed by atoms with van der Waals surface area (Å²) >= 11 is 3.26. The fourth-order valence-electron chi connectivity index (χ4n) is 1.58. The van der Waals surface area contributed by atoms with Gasteiger partial charge in [-0.25, -0.2) is 9.18 Å². The summed E-state index contributed by atoms with van der Waals surface area (Å²) < 4.78 is 24.7. The van der Waals surface area contributed by atoms with Crippen LogP contribution in [0.5, 0.6) is 17.2 Å². The maximum absolute atomic E-state index is 13.7. The van der Waals surface area contributed by atoms with Gasteiger partial charge in [-0.1, -0.05) is 6.07 Å². The van der Waals surface area contributed by atoms with Crippen molar-refractivity contribution in [2.24, 2.45) is 0 Å². The van der Waals surface area contributed by atoms with E-state index in [2.05, 4.69) is 15.9 Å². The number of methoxy groups -OCH3 is 1. The minimum absolute atomic E-state index is 0.243. The largest absolute Gasteiger partial charge is 0.497 e. The summed E-state index contributed by atoms with van der Waals surface area (Å²) in [5.74, 6) is -1.45. The monoisotopic (exact) mass is 340 g/mol. The maximum atomic E-state index is 13.7. The zero-order chi connectivity index (χ0) is 14.7. The molecular formula is C14H10BrFO4. The van der Waals surface area contributed by atoms with Crippen molar-refractivity contribution in [1.29, 1.82) is 0 Å². The van der Waals surface area contributed by atoms with Crippen molar-refractivity contribution in [2.45, 2.75) is 0 Å². The summed E-state index contributed by atoms with van der Waals surface area (Å²) in [7, 11) is 1.52. The standard InChI is InChI=1S/C14H10BrFO4/c1-19-8-5-6-12(10(15)7-8)20-13-9(14(17)18)3-2-4-11(13)16/h2-7H,1H3,(H,17,18). The van der Waals surface area contributed by atoms with Crippen LogP contribution in [0.15, 0.2) is 40.9 Å². The topological polar surface area (TPSA) is 55.8 Å². The van der Waals surface area contributed by atoms with E-state index in [4.69, 9.17) is 14.6 Å². The molecule has 0 aliphatic rings. The molecule has 0 fully saturated rings. The number of rotatable bonds is 4. The molecule has 0 atom stereocenters. The van der Waals surface area contributed by atoms with E-state index in [1.54, 1.807) is 18.2 Å². The highest BCUT2D eigenvalue weighted by Gasteiger charge is 2.17. The molecule has 0 saturated heterocycles. The zero-order valence-electron chi connectivity index (χ0n) is 10.4. The predicted octanol–water partition coefficient (Wildman–Crippen LogP) is 4.09. The summed E-state index contributed by atoms with van der Waals surface area (Å²) in [6, 6.07) is 8.55. The second-order valence-electron chi connectivity index (χ2n) is 3.82. The SMILES string of the molecule is COc1ccc(Oc2c(F)cccc2C(=O)O)c(Br)c1. The first-order chi connectivity index (χ1) is 9.52. The van der Waals surface area contributed by atoms with Gasteiger partial charge in [0, 0.05) is 0 Å². The van der Waals surface area contributed by atoms with Crippen LogP contribution < -0.4 is 9.47 Å². The number of carboxylic acids is 1. The van der Waals surface area contributed by atoms with Gasteiger partial charge in [0.15, 0.2) is 11.6 Å². The lowest BCUT2D eigenvalue weighted by molar-refractivity contribution is 0.0693. The minimum Gasteiger partial charge on any atom is -0.497 e. The fraction of sp³-hybridized carbons (Fsp3) is 0.0714. The number of ether oxygens (including phenoxy) is 2. The van der Waals surface area contributed by atoms with Crippen LogP contribution in [0.25, 0.3) is 0 Å². The maximum Gasteiger partial charge on any atom is 0.339 e. The highest BCUT2D eigenvalue weighted by Crippen LogP contribution is 2.35. The second kappa shape index (κ2) is 5.92. The summed E-state index contributed by atoms with van der Waals surface area (Å²) in [5.41, 5.74) is -0.243. The van der Waals surface area contributed by atoms with Crippen LogP contribution in [-0.2, 0) is 0 Å². The zero-order valence-corrected chi connectivity index (χ0v) is 12.0. The van der Waals surface area contributed by atoms with Crippen molar-refractivity contribution in [3.05, 3.63) is 52.3 Å². The number of aromatic carboxylic acids is 1. The average molecular weight is 341 g/mol. The first-order valence-electron chi connectivity index (χ1n) is 5.56. The molecule has 2 rings (SSSR count). The van der Waals surface area contributed by atoms with E-state index in [0.29, 0.717) is 16.0 Å². The van der Waals surface area contributed by atoms with E-state index in [1.807, 2.05) is 0 Å². The molecule has 0 unspecified atom stereocenters. The first-order valence-corrected chi connectivity index (χ1v) is 6.35. The van der Waals surface area contributed by atoms with Gasteiger partial charge in [0.2, 0.25) is 0 Å². The smallest absolute Gasteiger partial charge is 0.339 e. The molecule has 0 saturated carbocycles. The molecule has 0 bridgehead atoms. The Kier molecular flexibility index (Phi) is 4.24. The molecule has 0 aliphatic carbocycles. The third-order valence-corrected chi connectivity index (χ3v) is 3.17. The van der Waals surface area contributed by atoms with E-state index in [-0.39, 0.29) is 11.3 Å². The Balaban J connectivity index is 2.42. The third-order valence-electron chi connectivity index (χ3n) is 2.55. The Morgan fingerprint density at radius 3 is 2.65 bits per heavy atom. The van der Waals surface area contributed by atoms with Crippen LogP contribution in [-0.4, -0.2) is 18.2 Å². The molecule has 104 valence electrons. The highest BCUT2D eigenvalue weighted by atomic mass is 79.9. The number of hydrogen-bond donors (Lipinski definition) is 1. The van der Waals surface area contributed by atoms with Crippen molar-refractivity contribution in [3.63, 3.8) is 0 Å². The number of benzene rings is 2. The Morgan fingerprint density at radius 1 is 1.30 bits per heavy atom. The summed E-state index contributed by atoms with van der Waals surface area (Å²) in [4.78, 5) is 11.1. The van der Waals surface area contributed by atoms with Crippen molar-refractivity contribution in [3.8, 4) is 17.2 Å². The molecule has 2 aromatic carbocycles. The van der Waals surface area contributed by atoms with Crippen LogP contribution >= 0.6 is 15.9 Å². The summed E-state index contributed by atoms with van der Waals surface area (Å²) in [5, 5.41) is 9.04. The van der Waals surface area contributed by atoms with Gasteiger partial charge in [0.1, 0.15) is 17.1 Å². The minimum atomic E-state index is -1.26. The van der Waals surface area contributed by atoms with Crippen molar-refractivity contribution >= 4 is 21.9 Å². The normalized spacial score (nSPS) is 10.2. The van der Waals surface area contributed by atoms with Gasteiger partial charge in [-0.05, 0) is 46.3 Å². The molecule has 0 aromatic heterocycles. The van der Waals surface area contributed by atoms with Crippen LogP contribution in [0.4, 0.5) is 4.39 Å². The van der Waals surface area contributed by atoms with E-state index < -0.39 is 11.8 Å². The van der Waals surface area contributed by atoms with Crippen LogP contribution in [0.1, 0.15) is 10.4 Å². The number of hydrogen-bond acceptors (Lipinski definition) is 3. The summed E-state index contributed by atoms with van der Waals surface area (Å²) in [6.07, 6.45) is 0. The molecule has 0 amide bonds. The van der Waals surface area contributed by atoms with Crippen molar-refractivity contribution in [1.82, 2.24) is 0 Å². The Morgan fingerprint density at radius 2 is 2.05 bits per heavy atom. The van der Waals surface area contributed by atoms with Gasteiger partial charge in [-0.2, -0.15) is 0 Å². The van der Waals surface area contributed by atoms with E-state index in [9.17, 15) is 9.18 Å². The molecule has 0 aliphatic heterocycles. The molecule has 0 radical (unpaired) electrons. The lowest BCUT2D eigenvalue weighted by Gasteiger charge is -2.11. The first kappa shape index (κ1) is 14.3. The second-order valence-corrected chi connectivity index (χ2v) is 4.67. The van der Waals surface area contributed by atoms with Crippen molar-refractivity contribution < 1.29 is 23.8 Å². The van der Waals surface area contributed by atoms with Crippen LogP contribution in [0.2, 0.25) is 0 Å². The third kappa shape index (κ3) is 2.91. The van der Waals surface area contributed by atoms with Crippen LogP contribution in [0, 0.1) is 5.82 Å².